The summed E-state index contributed by atoms with van der Waals surface area (Å²) in [5.74, 6) is 1.78. The van der Waals surface area contributed by atoms with Crippen molar-refractivity contribution in [2.75, 3.05) is 6.54 Å². The van der Waals surface area contributed by atoms with E-state index in [-0.39, 0.29) is 23.7 Å². The first-order chi connectivity index (χ1) is 25.3. The fourth-order valence-electron chi connectivity index (χ4n) is 11.9. The molecular formula is C40H58N6O7. The van der Waals surface area contributed by atoms with Gasteiger partial charge in [0, 0.05) is 17.8 Å². The number of aliphatic carboxylic acids is 1. The van der Waals surface area contributed by atoms with Gasteiger partial charge in [-0.05, 0) is 138 Å². The number of carbonyl (C=O) groups is 5. The maximum Gasteiger partial charge on any atom is 0.408 e. The number of amides is 3. The van der Waals surface area contributed by atoms with Gasteiger partial charge < -0.3 is 35.4 Å². The number of alkyl carbamates (subject to hydrolysis) is 1. The molecule has 0 aliphatic heterocycles. The molecule has 9 rings (SSSR count). The van der Waals surface area contributed by atoms with Gasteiger partial charge in [-0.3, -0.25) is 26.0 Å². The van der Waals surface area contributed by atoms with Crippen molar-refractivity contribution >= 4 is 36.1 Å². The molecular weight excluding hydrogens is 676 g/mol. The number of guanidine groups is 1. The third-order valence-corrected chi connectivity index (χ3v) is 12.9. The topological polar surface area (TPSA) is 220 Å². The maximum absolute atomic E-state index is 14.6. The van der Waals surface area contributed by atoms with E-state index in [1.807, 2.05) is 30.3 Å². The average molecular weight is 735 g/mol. The second-order valence-electron chi connectivity index (χ2n) is 17.4. The zero-order valence-corrected chi connectivity index (χ0v) is 31.0. The van der Waals surface area contributed by atoms with Gasteiger partial charge in [0.1, 0.15) is 24.0 Å². The van der Waals surface area contributed by atoms with Gasteiger partial charge >= 0.3 is 12.1 Å². The van der Waals surface area contributed by atoms with E-state index in [4.69, 9.17) is 26.1 Å². The summed E-state index contributed by atoms with van der Waals surface area (Å²) in [5, 5.41) is 18.0. The Hall–Kier alpha value is -4.16. The number of nitrogens with two attached hydrogens (primary N) is 2. The minimum atomic E-state index is -1.08. The summed E-state index contributed by atoms with van der Waals surface area (Å²) in [6, 6.07) is 7.04. The molecule has 8 aliphatic rings. The summed E-state index contributed by atoms with van der Waals surface area (Å²) in [4.78, 5) is 66.1. The lowest BCUT2D eigenvalue weighted by atomic mass is 9.47. The highest BCUT2D eigenvalue weighted by Gasteiger charge is 2.58. The molecule has 0 saturated heterocycles. The number of hydrogen-bond acceptors (Lipinski definition) is 7. The fourth-order valence-corrected chi connectivity index (χ4v) is 11.9. The van der Waals surface area contributed by atoms with Crippen molar-refractivity contribution in [3.05, 3.63) is 35.9 Å². The molecule has 8 aliphatic carbocycles. The molecule has 0 aromatic heterocycles. The summed E-state index contributed by atoms with van der Waals surface area (Å²) in [5.41, 5.74) is 11.0. The molecule has 0 spiro atoms. The van der Waals surface area contributed by atoms with Crippen molar-refractivity contribution in [1.82, 2.24) is 16.0 Å². The molecule has 0 radical (unpaired) electrons. The number of carbonyl (C=O) groups excluding carboxylic acids is 5. The molecule has 3 amide bonds. The van der Waals surface area contributed by atoms with Crippen LogP contribution in [0.25, 0.3) is 0 Å². The number of aldehydes is 1. The Kier molecular flexibility index (Phi) is 12.0. The standard InChI is InChI=1S/C38H54N6O5.C2H4O2/c39-35(40)41-8-4-7-30(22-45)42-33(46)31(15-23-5-2-1-3-6-23)43-34(47)32(37-16-24-9-25(17-37)11-26(10-24)18-37)44-36(48)49-38-19-27-12-28(20-38)14-29(13-27)21-38;1-2(3)4/h1-3,5-6,22,24-32H,4,7-21H2,(H,42,46)(H,43,47)(H,44,48)(H4,39,40,41);1H3,(H,3,4)/t24?,25?,26?,27?,28?,29?,30-,31-,32-,37?,38?;/m0./s1. The first-order valence-corrected chi connectivity index (χ1v) is 19.7. The van der Waals surface area contributed by atoms with Crippen LogP contribution in [0.2, 0.25) is 0 Å². The lowest BCUT2D eigenvalue weighted by Crippen LogP contribution is -2.78. The predicted octanol–water partition coefficient (Wildman–Crippen LogP) is 0.568. The largest absolute Gasteiger partial charge is 0.550 e. The quantitative estimate of drug-likeness (QED) is 0.0680. The van der Waals surface area contributed by atoms with Gasteiger partial charge in [-0.15, -0.1) is 0 Å². The molecule has 0 unspecified atom stereocenters. The van der Waals surface area contributed by atoms with Crippen molar-refractivity contribution in [2.45, 2.75) is 127 Å². The lowest BCUT2D eigenvalue weighted by molar-refractivity contribution is -0.459. The van der Waals surface area contributed by atoms with Crippen LogP contribution in [-0.2, 0) is 30.3 Å². The Labute approximate surface area is 312 Å². The van der Waals surface area contributed by atoms with Gasteiger partial charge in [0.2, 0.25) is 11.8 Å². The zero-order valence-electron chi connectivity index (χ0n) is 31.0. The summed E-state index contributed by atoms with van der Waals surface area (Å²) >= 11 is 0. The lowest BCUT2D eigenvalue weighted by Gasteiger charge is -2.59. The maximum atomic E-state index is 14.6. The SMILES string of the molecule is CC(=O)[O-].NC(N)=[NH+]CCC[C@@H](C=O)NC(=O)[C@H](Cc1ccccc1)NC(=O)[C@H](NC(=O)OC12CC3CC(CC(C3)C1)C2)C12CC3CC(CC(C3)C1)C2. The number of carboxylic acids is 1. The van der Waals surface area contributed by atoms with Gasteiger partial charge in [-0.1, -0.05) is 30.3 Å². The van der Waals surface area contributed by atoms with Crippen molar-refractivity contribution < 1.29 is 38.8 Å². The Morgan fingerprint density at radius 1 is 0.830 bits per heavy atom. The number of nitrogens with one attached hydrogen (secondary N) is 4. The van der Waals surface area contributed by atoms with E-state index >= 15 is 0 Å². The molecule has 1 aromatic carbocycles. The average Bonchev–Trinajstić information content (AvgIpc) is 3.06. The van der Waals surface area contributed by atoms with Crippen molar-refractivity contribution in [3.63, 3.8) is 0 Å². The summed E-state index contributed by atoms with van der Waals surface area (Å²) in [6.45, 7) is 1.44. The molecule has 8 bridgehead atoms. The van der Waals surface area contributed by atoms with Crippen LogP contribution in [0.4, 0.5) is 4.79 Å². The van der Waals surface area contributed by atoms with Crippen LogP contribution in [0.15, 0.2) is 30.3 Å². The fraction of sp³-hybridized carbons (Fsp3) is 0.700. The van der Waals surface area contributed by atoms with E-state index in [1.165, 1.54) is 38.5 Å². The van der Waals surface area contributed by atoms with Crippen molar-refractivity contribution in [3.8, 4) is 0 Å². The highest BCUT2D eigenvalue weighted by atomic mass is 16.6. The van der Waals surface area contributed by atoms with Gasteiger partial charge in [0.15, 0.2) is 0 Å². The number of hydrogen-bond donors (Lipinski definition) is 6. The Balaban J connectivity index is 0.00000114. The van der Waals surface area contributed by atoms with E-state index in [0.717, 1.165) is 57.3 Å². The van der Waals surface area contributed by atoms with E-state index in [1.54, 1.807) is 0 Å². The van der Waals surface area contributed by atoms with Crippen LogP contribution < -0.4 is 37.5 Å². The number of ether oxygens (including phenoxy) is 1. The van der Waals surface area contributed by atoms with E-state index < -0.39 is 41.7 Å². The van der Waals surface area contributed by atoms with Gasteiger partial charge in [-0.2, -0.15) is 0 Å². The molecule has 53 heavy (non-hydrogen) atoms. The van der Waals surface area contributed by atoms with Gasteiger partial charge in [0.05, 0.1) is 12.6 Å². The minimum absolute atomic E-state index is 0.0985. The Bertz CT molecular complexity index is 1450. The van der Waals surface area contributed by atoms with Gasteiger partial charge in [0.25, 0.3) is 0 Å². The second kappa shape index (κ2) is 16.5. The summed E-state index contributed by atoms with van der Waals surface area (Å²) in [6.07, 6.45) is 14.2. The molecule has 8 N–H and O–H groups in total. The molecule has 8 fully saturated rings. The van der Waals surface area contributed by atoms with E-state index in [9.17, 15) is 19.2 Å². The van der Waals surface area contributed by atoms with E-state index in [2.05, 4.69) is 20.9 Å². The molecule has 8 saturated carbocycles. The van der Waals surface area contributed by atoms with E-state index in [0.29, 0.717) is 54.9 Å². The molecule has 13 heteroatoms. The van der Waals surface area contributed by atoms with Crippen LogP contribution in [0.3, 0.4) is 0 Å². The van der Waals surface area contributed by atoms with Crippen molar-refractivity contribution in [2.24, 2.45) is 52.4 Å². The molecule has 13 nitrogen and oxygen atoms in total. The Morgan fingerprint density at radius 2 is 1.34 bits per heavy atom. The third kappa shape index (κ3) is 9.69. The summed E-state index contributed by atoms with van der Waals surface area (Å²) in [7, 11) is 0. The monoisotopic (exact) mass is 734 g/mol. The van der Waals surface area contributed by atoms with Gasteiger partial charge in [-0.25, -0.2) is 4.79 Å². The third-order valence-electron chi connectivity index (χ3n) is 12.9. The second-order valence-corrected chi connectivity index (χ2v) is 17.4. The van der Waals surface area contributed by atoms with Crippen molar-refractivity contribution in [1.29, 1.82) is 0 Å². The molecule has 3 atom stereocenters. The van der Waals surface area contributed by atoms with Crippen LogP contribution in [0.1, 0.15) is 102 Å². The molecule has 290 valence electrons. The highest BCUT2D eigenvalue weighted by Crippen LogP contribution is 2.61. The number of rotatable bonds is 14. The van der Waals surface area contributed by atoms with Crippen LogP contribution in [0, 0.1) is 40.9 Å². The highest BCUT2D eigenvalue weighted by molar-refractivity contribution is 5.93. The predicted molar refractivity (Wildman–Crippen MR) is 194 cm³/mol. The smallest absolute Gasteiger partial charge is 0.408 e. The minimum Gasteiger partial charge on any atom is -0.550 e. The number of benzene rings is 1. The zero-order chi connectivity index (χ0) is 37.8. The first kappa shape index (κ1) is 38.6. The Morgan fingerprint density at radius 3 is 1.83 bits per heavy atom. The molecule has 0 heterocycles. The van der Waals surface area contributed by atoms with Crippen LogP contribution in [0.5, 0.6) is 0 Å². The number of carboxylic acid groups (broad SMARTS) is 1. The molecule has 1 aromatic rings. The normalized spacial score (nSPS) is 32.9. The van der Waals surface area contributed by atoms with Crippen LogP contribution >= 0.6 is 0 Å². The summed E-state index contributed by atoms with van der Waals surface area (Å²) < 4.78 is 6.40. The van der Waals surface area contributed by atoms with Crippen LogP contribution in [-0.4, -0.2) is 66.4 Å². The first-order valence-electron chi connectivity index (χ1n) is 19.7.